The zero-order chi connectivity index (χ0) is 15.1. The van der Waals surface area contributed by atoms with Gasteiger partial charge in [0, 0.05) is 0 Å². The minimum absolute atomic E-state index is 0.126. The summed E-state index contributed by atoms with van der Waals surface area (Å²) in [4.78, 5) is 22.9. The molecule has 21 heavy (non-hydrogen) atoms. The van der Waals surface area contributed by atoms with Crippen LogP contribution < -0.4 is 5.32 Å². The maximum absolute atomic E-state index is 12.0. The van der Waals surface area contributed by atoms with Gasteiger partial charge in [0.1, 0.15) is 0 Å². The van der Waals surface area contributed by atoms with Gasteiger partial charge in [-0.05, 0) is 17.0 Å². The second-order valence-electron chi connectivity index (χ2n) is 4.35. The molecule has 1 unspecified atom stereocenters. The van der Waals surface area contributed by atoms with Crippen molar-refractivity contribution in [2.75, 3.05) is 5.75 Å². The molecule has 0 fully saturated rings. The Balaban J connectivity index is 1.94. The number of aliphatic carboxylic acids is 1. The van der Waals surface area contributed by atoms with E-state index in [1.54, 1.807) is 11.3 Å². The van der Waals surface area contributed by atoms with E-state index in [1.807, 2.05) is 47.8 Å². The number of hydrogen-bond donors (Lipinski definition) is 2. The van der Waals surface area contributed by atoms with E-state index < -0.39 is 12.0 Å². The van der Waals surface area contributed by atoms with Crippen molar-refractivity contribution >= 4 is 35.0 Å². The molecule has 0 bridgehead atoms. The Bertz CT molecular complexity index is 584. The predicted molar refractivity (Wildman–Crippen MR) is 84.6 cm³/mol. The van der Waals surface area contributed by atoms with E-state index in [0.29, 0.717) is 0 Å². The van der Waals surface area contributed by atoms with E-state index in [1.165, 1.54) is 11.8 Å². The predicted octanol–water partition coefficient (Wildman–Crippen LogP) is 3.17. The second-order valence-corrected chi connectivity index (χ2v) is 6.57. The van der Waals surface area contributed by atoms with Crippen LogP contribution in [0.4, 0.5) is 0 Å². The number of nitrogens with one attached hydrogen (secondary N) is 1. The van der Waals surface area contributed by atoms with E-state index in [0.717, 1.165) is 9.77 Å². The molecule has 0 aliphatic rings. The van der Waals surface area contributed by atoms with Gasteiger partial charge in [0.05, 0.1) is 22.4 Å². The van der Waals surface area contributed by atoms with Crippen LogP contribution in [0.25, 0.3) is 0 Å². The number of benzene rings is 1. The Labute approximate surface area is 131 Å². The molecule has 0 aliphatic carbocycles. The highest BCUT2D eigenvalue weighted by Gasteiger charge is 2.17. The Morgan fingerprint density at radius 2 is 1.95 bits per heavy atom. The first-order chi connectivity index (χ1) is 10.1. The minimum atomic E-state index is -0.935. The van der Waals surface area contributed by atoms with E-state index >= 15 is 0 Å². The monoisotopic (exact) mass is 321 g/mol. The van der Waals surface area contributed by atoms with Crippen molar-refractivity contribution < 1.29 is 14.7 Å². The van der Waals surface area contributed by atoms with Gasteiger partial charge in [0.15, 0.2) is 0 Å². The fourth-order valence-electron chi connectivity index (χ4n) is 1.83. The molecule has 2 N–H and O–H groups in total. The fourth-order valence-corrected chi connectivity index (χ4v) is 3.43. The molecule has 0 saturated heterocycles. The van der Waals surface area contributed by atoms with Crippen molar-refractivity contribution in [1.29, 1.82) is 0 Å². The Morgan fingerprint density at radius 3 is 2.57 bits per heavy atom. The molecule has 110 valence electrons. The third kappa shape index (κ3) is 5.24. The first-order valence-corrected chi connectivity index (χ1v) is 8.24. The summed E-state index contributed by atoms with van der Waals surface area (Å²) in [6.45, 7) is 0. The van der Waals surface area contributed by atoms with Crippen molar-refractivity contribution in [3.8, 4) is 0 Å². The molecule has 1 heterocycles. The van der Waals surface area contributed by atoms with E-state index in [4.69, 9.17) is 5.11 Å². The first kappa shape index (κ1) is 15.6. The van der Waals surface area contributed by atoms with Crippen molar-refractivity contribution in [3.63, 3.8) is 0 Å². The largest absolute Gasteiger partial charge is 0.481 e. The number of rotatable bonds is 7. The van der Waals surface area contributed by atoms with Gasteiger partial charge in [-0.25, -0.2) is 0 Å². The molecule has 2 rings (SSSR count). The molecule has 1 atom stereocenters. The lowest BCUT2D eigenvalue weighted by Crippen LogP contribution is -2.31. The van der Waals surface area contributed by atoms with Crippen LogP contribution in [0.1, 0.15) is 18.0 Å². The van der Waals surface area contributed by atoms with Gasteiger partial charge in [-0.3, -0.25) is 9.59 Å². The molecule has 0 aliphatic heterocycles. The normalized spacial score (nSPS) is 11.8. The zero-order valence-corrected chi connectivity index (χ0v) is 12.8. The first-order valence-electron chi connectivity index (χ1n) is 6.37. The van der Waals surface area contributed by atoms with Crippen molar-refractivity contribution in [2.45, 2.75) is 16.7 Å². The van der Waals surface area contributed by atoms with Crippen LogP contribution in [0.5, 0.6) is 0 Å². The summed E-state index contributed by atoms with van der Waals surface area (Å²) in [6, 6.07) is 12.5. The number of carboxylic acids is 1. The van der Waals surface area contributed by atoms with Gasteiger partial charge in [0.2, 0.25) is 5.91 Å². The number of thioether (sulfide) groups is 1. The van der Waals surface area contributed by atoms with Crippen molar-refractivity contribution in [2.24, 2.45) is 0 Å². The number of amides is 1. The van der Waals surface area contributed by atoms with Crippen molar-refractivity contribution in [3.05, 3.63) is 53.4 Å². The molecule has 2 aromatic rings. The molecular formula is C15H15NO3S2. The molecule has 1 aromatic carbocycles. The van der Waals surface area contributed by atoms with Crippen molar-refractivity contribution in [1.82, 2.24) is 5.32 Å². The van der Waals surface area contributed by atoms with E-state index in [2.05, 4.69) is 5.32 Å². The lowest BCUT2D eigenvalue weighted by molar-refractivity contribution is -0.137. The summed E-state index contributed by atoms with van der Waals surface area (Å²) in [6.07, 6.45) is -0.126. The summed E-state index contributed by atoms with van der Waals surface area (Å²) in [5.41, 5.74) is 0.800. The average Bonchev–Trinajstić information content (AvgIpc) is 2.98. The fraction of sp³-hybridized carbons (Fsp3) is 0.200. The van der Waals surface area contributed by atoms with Crippen LogP contribution >= 0.6 is 23.1 Å². The molecule has 1 aromatic heterocycles. The topological polar surface area (TPSA) is 66.4 Å². The number of carbonyl (C=O) groups excluding carboxylic acids is 1. The van der Waals surface area contributed by atoms with Gasteiger partial charge >= 0.3 is 5.97 Å². The summed E-state index contributed by atoms with van der Waals surface area (Å²) >= 11 is 3.03. The lowest BCUT2D eigenvalue weighted by atomic mass is 10.0. The van der Waals surface area contributed by atoms with Crippen LogP contribution in [0.15, 0.2) is 52.1 Å². The molecule has 0 radical (unpaired) electrons. The van der Waals surface area contributed by atoms with Gasteiger partial charge in [-0.15, -0.1) is 23.1 Å². The van der Waals surface area contributed by atoms with Crippen LogP contribution in [0.2, 0.25) is 0 Å². The van der Waals surface area contributed by atoms with E-state index in [9.17, 15) is 9.59 Å². The third-order valence-electron chi connectivity index (χ3n) is 2.76. The average molecular weight is 321 g/mol. The summed E-state index contributed by atoms with van der Waals surface area (Å²) in [7, 11) is 0. The lowest BCUT2D eigenvalue weighted by Gasteiger charge is -2.17. The minimum Gasteiger partial charge on any atom is -0.481 e. The Hall–Kier alpha value is -1.79. The van der Waals surface area contributed by atoms with Crippen LogP contribution in [-0.4, -0.2) is 22.7 Å². The maximum Gasteiger partial charge on any atom is 0.305 e. The third-order valence-corrected chi connectivity index (χ3v) is 4.89. The highest BCUT2D eigenvalue weighted by Crippen LogP contribution is 2.23. The zero-order valence-electron chi connectivity index (χ0n) is 11.2. The molecule has 6 heteroatoms. The molecule has 4 nitrogen and oxygen atoms in total. The van der Waals surface area contributed by atoms with Gasteiger partial charge in [-0.1, -0.05) is 36.4 Å². The second kappa shape index (κ2) is 7.85. The quantitative estimate of drug-likeness (QED) is 0.769. The van der Waals surface area contributed by atoms with E-state index in [-0.39, 0.29) is 18.1 Å². The summed E-state index contributed by atoms with van der Waals surface area (Å²) in [5.74, 6) is -0.817. The molecule has 0 spiro atoms. The highest BCUT2D eigenvalue weighted by molar-refractivity contribution is 8.01. The number of hydrogen-bond acceptors (Lipinski definition) is 4. The smallest absolute Gasteiger partial charge is 0.305 e. The Morgan fingerprint density at radius 1 is 1.19 bits per heavy atom. The molecule has 0 saturated carbocycles. The number of carbonyl (C=O) groups is 2. The molecule has 1 amide bonds. The van der Waals surface area contributed by atoms with Gasteiger partial charge < -0.3 is 10.4 Å². The standard InChI is InChI=1S/C15H15NO3S2/c17-13(10-21-15-7-4-8-20-15)16-12(9-14(18)19)11-5-2-1-3-6-11/h1-8,12H,9-10H2,(H,16,17)(H,18,19). The SMILES string of the molecule is O=C(O)CC(NC(=O)CSc1cccs1)c1ccccc1. The van der Waals surface area contributed by atoms with Crippen LogP contribution in [0, 0.1) is 0 Å². The van der Waals surface area contributed by atoms with Crippen LogP contribution in [-0.2, 0) is 9.59 Å². The molecular weight excluding hydrogens is 306 g/mol. The summed E-state index contributed by atoms with van der Waals surface area (Å²) < 4.78 is 1.07. The highest BCUT2D eigenvalue weighted by atomic mass is 32.2. The van der Waals surface area contributed by atoms with Gasteiger partial charge in [-0.2, -0.15) is 0 Å². The number of thiophene rings is 1. The van der Waals surface area contributed by atoms with Crippen LogP contribution in [0.3, 0.4) is 0 Å². The van der Waals surface area contributed by atoms with Gasteiger partial charge in [0.25, 0.3) is 0 Å². The summed E-state index contributed by atoms with van der Waals surface area (Å²) in [5, 5.41) is 13.7. The number of carboxylic acid groups (broad SMARTS) is 1. The Kier molecular flexibility index (Phi) is 5.83. The maximum atomic E-state index is 12.0.